The van der Waals surface area contributed by atoms with E-state index in [1.165, 1.54) is 0 Å². The summed E-state index contributed by atoms with van der Waals surface area (Å²) in [5, 5.41) is 13.2. The van der Waals surface area contributed by atoms with Gasteiger partial charge in [0, 0.05) is 19.2 Å². The van der Waals surface area contributed by atoms with Gasteiger partial charge in [-0.25, -0.2) is 9.59 Å². The van der Waals surface area contributed by atoms with Crippen molar-refractivity contribution < 1.29 is 29.2 Å². The number of amides is 2. The molecule has 0 aromatic heterocycles. The van der Waals surface area contributed by atoms with Crippen LogP contribution in [-0.4, -0.2) is 41.5 Å². The van der Waals surface area contributed by atoms with Gasteiger partial charge in [0.05, 0.1) is 6.42 Å². The average Bonchev–Trinajstić information content (AvgIpc) is 2.34. The summed E-state index contributed by atoms with van der Waals surface area (Å²) in [5.74, 6) is -1.22. The lowest BCUT2D eigenvalue weighted by molar-refractivity contribution is -0.158. The Balaban J connectivity index is 3.72. The maximum atomic E-state index is 11.3. The predicted octanol–water partition coefficient (Wildman–Crippen LogP) is 0.716. The summed E-state index contributed by atoms with van der Waals surface area (Å²) >= 11 is 0. The molecule has 0 rings (SSSR count). The number of nitrogens with zero attached hydrogens (tertiary/aromatic N) is 1. The average molecular weight is 303 g/mol. The quantitative estimate of drug-likeness (QED) is 0.377. The van der Waals surface area contributed by atoms with Gasteiger partial charge in [-0.1, -0.05) is 0 Å². The van der Waals surface area contributed by atoms with Crippen molar-refractivity contribution in [1.29, 1.82) is 0 Å². The lowest BCUT2D eigenvalue weighted by Gasteiger charge is -2.19. The number of carbonyl (C=O) groups excluding carboxylic acids is 3. The first kappa shape index (κ1) is 18.7. The molecule has 0 atom stereocenters. The molecular formula is C12H21N3O6. The Morgan fingerprint density at radius 1 is 1.24 bits per heavy atom. The molecule has 120 valence electrons. The Morgan fingerprint density at radius 2 is 1.90 bits per heavy atom. The van der Waals surface area contributed by atoms with E-state index >= 15 is 0 Å². The van der Waals surface area contributed by atoms with Crippen molar-refractivity contribution in [3.63, 3.8) is 0 Å². The van der Waals surface area contributed by atoms with Crippen LogP contribution in [0.4, 0.5) is 4.79 Å². The van der Waals surface area contributed by atoms with E-state index in [2.05, 4.69) is 15.3 Å². The molecule has 21 heavy (non-hydrogen) atoms. The summed E-state index contributed by atoms with van der Waals surface area (Å²) in [7, 11) is 0. The van der Waals surface area contributed by atoms with Crippen molar-refractivity contribution in [2.24, 2.45) is 5.16 Å². The molecule has 3 N–H and O–H groups in total. The van der Waals surface area contributed by atoms with Gasteiger partial charge < -0.3 is 20.1 Å². The van der Waals surface area contributed by atoms with Crippen LogP contribution in [0.25, 0.3) is 0 Å². The van der Waals surface area contributed by atoms with E-state index in [1.54, 1.807) is 20.8 Å². The van der Waals surface area contributed by atoms with Crippen molar-refractivity contribution >= 4 is 24.2 Å². The second kappa shape index (κ2) is 9.56. The van der Waals surface area contributed by atoms with Crippen LogP contribution in [0, 0.1) is 0 Å². The van der Waals surface area contributed by atoms with Gasteiger partial charge in [0.25, 0.3) is 5.91 Å². The van der Waals surface area contributed by atoms with Gasteiger partial charge in [-0.15, -0.1) is 5.16 Å². The molecule has 9 heteroatoms. The lowest BCUT2D eigenvalue weighted by atomic mass is 10.2. The highest BCUT2D eigenvalue weighted by Crippen LogP contribution is 2.06. The number of ether oxygens (including phenoxy) is 1. The monoisotopic (exact) mass is 303 g/mol. The molecular weight excluding hydrogens is 282 g/mol. The van der Waals surface area contributed by atoms with E-state index in [1.807, 2.05) is 5.48 Å². The fraction of sp³-hybridized carbons (Fsp3) is 0.667. The summed E-state index contributed by atoms with van der Waals surface area (Å²) in [4.78, 5) is 38.1. The second-order valence-corrected chi connectivity index (χ2v) is 5.01. The highest BCUT2D eigenvalue weighted by atomic mass is 16.7. The van der Waals surface area contributed by atoms with E-state index in [0.717, 1.165) is 6.21 Å². The molecule has 2 amide bonds. The first-order valence-electron chi connectivity index (χ1n) is 6.36. The third-order valence-corrected chi connectivity index (χ3v) is 1.86. The molecule has 0 aliphatic heterocycles. The van der Waals surface area contributed by atoms with Gasteiger partial charge in [-0.2, -0.15) is 5.48 Å². The van der Waals surface area contributed by atoms with E-state index < -0.39 is 23.6 Å². The minimum absolute atomic E-state index is 0.0273. The number of hydrogen-bond acceptors (Lipinski definition) is 7. The van der Waals surface area contributed by atoms with Gasteiger partial charge in [-0.3, -0.25) is 4.79 Å². The highest BCUT2D eigenvalue weighted by Gasteiger charge is 2.16. The summed E-state index contributed by atoms with van der Waals surface area (Å²) in [6.07, 6.45) is 0.611. The first-order chi connectivity index (χ1) is 9.74. The smallest absolute Gasteiger partial charge is 0.407 e. The molecule has 0 aromatic rings. The molecule has 0 radical (unpaired) electrons. The number of rotatable bonds is 6. The third kappa shape index (κ3) is 12.5. The van der Waals surface area contributed by atoms with Crippen LogP contribution in [0.2, 0.25) is 0 Å². The zero-order valence-corrected chi connectivity index (χ0v) is 12.3. The van der Waals surface area contributed by atoms with Crippen LogP contribution >= 0.6 is 0 Å². The number of nitrogens with one attached hydrogen (secondary N) is 2. The predicted molar refractivity (Wildman–Crippen MR) is 72.6 cm³/mol. The first-order valence-corrected chi connectivity index (χ1v) is 6.36. The Labute approximate surface area is 122 Å². The topological polar surface area (TPSA) is 126 Å². The van der Waals surface area contributed by atoms with Gasteiger partial charge in [0.1, 0.15) is 5.60 Å². The Kier molecular flexibility index (Phi) is 8.51. The van der Waals surface area contributed by atoms with E-state index in [0.29, 0.717) is 0 Å². The standard InChI is InChI=1S/C12H21N3O6/c1-12(2,3)20-11(18)13-8-6-9(16)15-21-10(17)5-4-7-14-19/h7,19H,4-6,8H2,1-3H3,(H,13,18)(H,15,16). The molecule has 0 fully saturated rings. The van der Waals surface area contributed by atoms with Crippen LogP contribution in [0.15, 0.2) is 5.16 Å². The van der Waals surface area contributed by atoms with E-state index in [4.69, 9.17) is 9.94 Å². The summed E-state index contributed by atoms with van der Waals surface area (Å²) in [6, 6.07) is 0. The zero-order valence-electron chi connectivity index (χ0n) is 12.3. The van der Waals surface area contributed by atoms with Gasteiger partial charge in [0.15, 0.2) is 0 Å². The maximum Gasteiger partial charge on any atom is 0.407 e. The Hall–Kier alpha value is -2.32. The molecule has 0 heterocycles. The summed E-state index contributed by atoms with van der Waals surface area (Å²) < 4.78 is 4.97. The molecule has 0 unspecified atom stereocenters. The van der Waals surface area contributed by atoms with Crippen molar-refractivity contribution in [1.82, 2.24) is 10.8 Å². The number of oxime groups is 1. The molecule has 0 aromatic carbocycles. The Bertz CT molecular complexity index is 389. The van der Waals surface area contributed by atoms with Gasteiger partial charge in [-0.05, 0) is 27.2 Å². The third-order valence-electron chi connectivity index (χ3n) is 1.86. The molecule has 0 aliphatic rings. The largest absolute Gasteiger partial charge is 0.444 e. The number of carbonyl (C=O) groups is 3. The van der Waals surface area contributed by atoms with Crippen molar-refractivity contribution in [2.45, 2.75) is 45.6 Å². The molecule has 0 saturated carbocycles. The number of hydrogen-bond donors (Lipinski definition) is 3. The summed E-state index contributed by atoms with van der Waals surface area (Å²) in [6.45, 7) is 5.22. The normalized spacial score (nSPS) is 11.0. The fourth-order valence-electron chi connectivity index (χ4n) is 1.05. The number of hydroxylamine groups is 1. The highest BCUT2D eigenvalue weighted by molar-refractivity contribution is 5.79. The second-order valence-electron chi connectivity index (χ2n) is 5.01. The zero-order chi connectivity index (χ0) is 16.3. The maximum absolute atomic E-state index is 11.3. The van der Waals surface area contributed by atoms with Crippen molar-refractivity contribution in [2.75, 3.05) is 6.54 Å². The SMILES string of the molecule is CC(C)(C)OC(=O)NCCC(=O)NOC(=O)CCC=NO. The fourth-order valence-corrected chi connectivity index (χ4v) is 1.05. The van der Waals surface area contributed by atoms with Crippen molar-refractivity contribution in [3.05, 3.63) is 0 Å². The lowest BCUT2D eigenvalue weighted by Crippen LogP contribution is -2.35. The minimum atomic E-state index is -0.664. The van der Waals surface area contributed by atoms with Crippen LogP contribution in [0.3, 0.4) is 0 Å². The van der Waals surface area contributed by atoms with E-state index in [-0.39, 0.29) is 25.8 Å². The molecule has 0 saturated heterocycles. The molecule has 0 aliphatic carbocycles. The van der Waals surface area contributed by atoms with Gasteiger partial charge >= 0.3 is 12.1 Å². The van der Waals surface area contributed by atoms with Crippen LogP contribution in [-0.2, 0) is 19.2 Å². The molecule has 0 spiro atoms. The van der Waals surface area contributed by atoms with Gasteiger partial charge in [0.2, 0.25) is 0 Å². The van der Waals surface area contributed by atoms with Crippen molar-refractivity contribution in [3.8, 4) is 0 Å². The molecule has 9 nitrogen and oxygen atoms in total. The van der Waals surface area contributed by atoms with Crippen LogP contribution < -0.4 is 10.8 Å². The number of alkyl carbamates (subject to hydrolysis) is 1. The molecule has 0 bridgehead atoms. The minimum Gasteiger partial charge on any atom is -0.444 e. The summed E-state index contributed by atoms with van der Waals surface area (Å²) in [5.41, 5.74) is 1.33. The van der Waals surface area contributed by atoms with Crippen LogP contribution in [0.1, 0.15) is 40.0 Å². The van der Waals surface area contributed by atoms with Crippen LogP contribution in [0.5, 0.6) is 0 Å². The Morgan fingerprint density at radius 3 is 2.48 bits per heavy atom. The van der Waals surface area contributed by atoms with E-state index in [9.17, 15) is 14.4 Å².